The van der Waals surface area contributed by atoms with Crippen molar-refractivity contribution in [2.24, 2.45) is 5.92 Å². The highest BCUT2D eigenvalue weighted by atomic mass is 16.5. The van der Waals surface area contributed by atoms with Crippen molar-refractivity contribution >= 4 is 34.9 Å². The summed E-state index contributed by atoms with van der Waals surface area (Å²) in [7, 11) is 2.79. The van der Waals surface area contributed by atoms with Gasteiger partial charge in [-0.25, -0.2) is 0 Å². The van der Waals surface area contributed by atoms with Crippen LogP contribution < -0.4 is 0 Å². The highest BCUT2D eigenvalue weighted by Gasteiger charge is 2.03. The minimum absolute atomic E-state index is 0.125. The van der Waals surface area contributed by atoms with Crippen LogP contribution in [0.2, 0.25) is 0 Å². The molecule has 7 heteroatoms. The van der Waals surface area contributed by atoms with Gasteiger partial charge in [-0.1, -0.05) is 107 Å². The minimum atomic E-state index is -0.157. The average Bonchev–Trinajstić information content (AvgIpc) is 3.11. The number of nitrogens with zero attached hydrogens (tertiary/aromatic N) is 1. The van der Waals surface area contributed by atoms with E-state index >= 15 is 0 Å². The molecule has 1 heterocycles. The van der Waals surface area contributed by atoms with Crippen LogP contribution in [0.15, 0.2) is 91.1 Å². The van der Waals surface area contributed by atoms with Crippen molar-refractivity contribution in [1.29, 1.82) is 0 Å². The van der Waals surface area contributed by atoms with Crippen LogP contribution >= 0.6 is 0 Å². The number of carbonyl (C=O) groups is 4. The standard InChI is InChI=1S/C13H18O.C10H9N.C10H12O2.C5H10O.C4H8O2/c1-10(2)13-6-4-12(5-7-13)8-11(3)9-14;1-8-4-5-10-9(7-8)3-2-6-11-10;1-12-10(11)8-7-9-5-3-2-4-6-9;1-3-4-5(2)6;1-3-4(5)6-2/h4-7,9-11H,8H2,1-3H3;2-7H,1H3;2-6H,7-8H2,1H3;3-4H2,1-2H3;3H2,1-2H3. The van der Waals surface area contributed by atoms with E-state index in [0.717, 1.165) is 37.5 Å². The van der Waals surface area contributed by atoms with E-state index in [-0.39, 0.29) is 23.6 Å². The van der Waals surface area contributed by atoms with Crippen LogP contribution in [0.1, 0.15) is 95.4 Å². The maximum absolute atomic E-state index is 10.8. The fraction of sp³-hybridized carbons (Fsp3) is 0.405. The molecule has 1 atom stereocenters. The summed E-state index contributed by atoms with van der Waals surface area (Å²) >= 11 is 0. The van der Waals surface area contributed by atoms with Crippen molar-refractivity contribution in [3.8, 4) is 0 Å². The number of ether oxygens (including phenoxy) is 2. The van der Waals surface area contributed by atoms with E-state index < -0.39 is 0 Å². The lowest BCUT2D eigenvalue weighted by Gasteiger charge is -2.07. The number of hydrogen-bond donors (Lipinski definition) is 0. The van der Waals surface area contributed by atoms with Crippen molar-refractivity contribution in [1.82, 2.24) is 4.98 Å². The zero-order valence-corrected chi connectivity index (χ0v) is 31.0. The summed E-state index contributed by atoms with van der Waals surface area (Å²) in [5.74, 6) is 0.679. The van der Waals surface area contributed by atoms with Crippen LogP contribution in [0.4, 0.5) is 0 Å². The van der Waals surface area contributed by atoms with Gasteiger partial charge in [0.15, 0.2) is 0 Å². The van der Waals surface area contributed by atoms with Crippen molar-refractivity contribution in [3.05, 3.63) is 113 Å². The SMILES string of the molecule is CC(C=O)Cc1ccc(C(C)C)cc1.CCC(=O)OC.CCCC(C)=O.COC(=O)CCc1ccccc1.Cc1ccc2ncccc2c1. The largest absolute Gasteiger partial charge is 0.469 e. The third kappa shape index (κ3) is 22.5. The molecule has 0 aliphatic rings. The van der Waals surface area contributed by atoms with Gasteiger partial charge >= 0.3 is 11.9 Å². The highest BCUT2D eigenvalue weighted by molar-refractivity contribution is 5.78. The number of aldehydes is 1. The van der Waals surface area contributed by atoms with E-state index in [1.807, 2.05) is 62.5 Å². The number of pyridine rings is 1. The van der Waals surface area contributed by atoms with Gasteiger partial charge in [-0.2, -0.15) is 0 Å². The Morgan fingerprint density at radius 1 is 0.776 bits per heavy atom. The van der Waals surface area contributed by atoms with Crippen LogP contribution in [0.3, 0.4) is 0 Å². The van der Waals surface area contributed by atoms with Crippen LogP contribution in [-0.2, 0) is 41.5 Å². The fourth-order valence-electron chi connectivity index (χ4n) is 4.14. The molecule has 3 aromatic carbocycles. The third-order valence-electron chi connectivity index (χ3n) is 7.00. The second-order valence-electron chi connectivity index (χ2n) is 11.9. The van der Waals surface area contributed by atoms with Gasteiger partial charge in [0.1, 0.15) is 12.1 Å². The van der Waals surface area contributed by atoms with Gasteiger partial charge in [0.25, 0.3) is 0 Å². The minimum Gasteiger partial charge on any atom is -0.469 e. The summed E-state index contributed by atoms with van der Waals surface area (Å²) in [6.07, 6.45) is 7.08. The van der Waals surface area contributed by atoms with Crippen molar-refractivity contribution < 1.29 is 28.7 Å². The molecular formula is C42H57NO6. The topological polar surface area (TPSA) is 99.6 Å². The van der Waals surface area contributed by atoms with Crippen molar-refractivity contribution in [2.75, 3.05) is 14.2 Å². The number of aryl methyl sites for hydroxylation is 2. The molecule has 4 rings (SSSR count). The van der Waals surface area contributed by atoms with Crippen LogP contribution in [-0.4, -0.2) is 43.2 Å². The quantitative estimate of drug-likeness (QED) is 0.122. The molecular weight excluding hydrogens is 614 g/mol. The summed E-state index contributed by atoms with van der Waals surface area (Å²) in [5, 5.41) is 1.22. The second-order valence-corrected chi connectivity index (χ2v) is 11.9. The predicted octanol–water partition coefficient (Wildman–Crippen LogP) is 9.47. The van der Waals surface area contributed by atoms with Gasteiger partial charge in [0.05, 0.1) is 19.7 Å². The molecule has 0 fully saturated rings. The first-order valence-electron chi connectivity index (χ1n) is 16.9. The molecule has 0 bridgehead atoms. The monoisotopic (exact) mass is 671 g/mol. The number of esters is 2. The lowest BCUT2D eigenvalue weighted by Crippen LogP contribution is -2.01. The van der Waals surface area contributed by atoms with Crippen molar-refractivity contribution in [2.45, 2.75) is 92.9 Å². The second kappa shape index (κ2) is 27.3. The van der Waals surface area contributed by atoms with E-state index in [4.69, 9.17) is 0 Å². The van der Waals surface area contributed by atoms with Crippen LogP contribution in [0, 0.1) is 12.8 Å². The number of rotatable bonds is 10. The van der Waals surface area contributed by atoms with Gasteiger partial charge in [-0.3, -0.25) is 14.6 Å². The maximum Gasteiger partial charge on any atom is 0.305 e. The van der Waals surface area contributed by atoms with E-state index in [9.17, 15) is 19.2 Å². The number of hydrogen-bond acceptors (Lipinski definition) is 7. The molecule has 1 aromatic heterocycles. The summed E-state index contributed by atoms with van der Waals surface area (Å²) in [4.78, 5) is 45.5. The van der Waals surface area contributed by atoms with Crippen LogP contribution in [0.5, 0.6) is 0 Å². The maximum atomic E-state index is 10.8. The molecule has 4 aromatic rings. The fourth-order valence-corrected chi connectivity index (χ4v) is 4.14. The molecule has 0 aliphatic carbocycles. The Hall–Kier alpha value is -4.65. The summed E-state index contributed by atoms with van der Waals surface area (Å²) < 4.78 is 8.79. The number of ketones is 1. The smallest absolute Gasteiger partial charge is 0.305 e. The Balaban J connectivity index is 0.000000611. The first-order valence-corrected chi connectivity index (χ1v) is 16.9. The summed E-state index contributed by atoms with van der Waals surface area (Å²) in [5.41, 5.74) is 6.12. The van der Waals surface area contributed by atoms with Gasteiger partial charge in [-0.15, -0.1) is 0 Å². The van der Waals surface area contributed by atoms with Gasteiger partial charge in [0, 0.05) is 36.8 Å². The number of methoxy groups -OCH3 is 2. The van der Waals surface area contributed by atoms with E-state index in [1.165, 1.54) is 41.9 Å². The van der Waals surface area contributed by atoms with Crippen LogP contribution in [0.25, 0.3) is 10.9 Å². The molecule has 0 spiro atoms. The number of carbonyl (C=O) groups excluding carboxylic acids is 4. The number of benzene rings is 3. The lowest BCUT2D eigenvalue weighted by molar-refractivity contribution is -0.141. The average molecular weight is 672 g/mol. The Kier molecular flexibility index (Phi) is 24.7. The highest BCUT2D eigenvalue weighted by Crippen LogP contribution is 2.16. The molecule has 0 amide bonds. The Morgan fingerprint density at radius 2 is 1.41 bits per heavy atom. The molecule has 0 N–H and O–H groups in total. The molecule has 266 valence electrons. The third-order valence-corrected chi connectivity index (χ3v) is 7.00. The molecule has 7 nitrogen and oxygen atoms in total. The molecule has 0 radical (unpaired) electrons. The predicted molar refractivity (Wildman–Crippen MR) is 201 cm³/mol. The Morgan fingerprint density at radius 3 is 1.88 bits per heavy atom. The summed E-state index contributed by atoms with van der Waals surface area (Å²) in [6, 6.07) is 28.7. The number of fused-ring (bicyclic) bond motifs is 1. The van der Waals surface area contributed by atoms with E-state index in [2.05, 4.69) is 77.7 Å². The van der Waals surface area contributed by atoms with E-state index in [1.54, 1.807) is 13.8 Å². The Bertz CT molecular complexity index is 1480. The van der Waals surface area contributed by atoms with Gasteiger partial charge in [-0.05, 0) is 73.9 Å². The Labute approximate surface area is 294 Å². The molecule has 1 unspecified atom stereocenters. The summed E-state index contributed by atoms with van der Waals surface area (Å²) in [6.45, 7) is 13.8. The normalized spacial score (nSPS) is 10.2. The number of aromatic nitrogens is 1. The zero-order valence-electron chi connectivity index (χ0n) is 31.0. The van der Waals surface area contributed by atoms with Gasteiger partial charge < -0.3 is 19.1 Å². The first-order chi connectivity index (χ1) is 23.4. The molecule has 0 aliphatic heterocycles. The first kappa shape index (κ1) is 44.4. The molecule has 49 heavy (non-hydrogen) atoms. The van der Waals surface area contributed by atoms with E-state index in [0.29, 0.717) is 18.8 Å². The number of Topliss-reactive ketones (excluding diaryl/α,β-unsaturated/α-hetero) is 1. The lowest BCUT2D eigenvalue weighted by atomic mass is 9.98. The van der Waals surface area contributed by atoms with Crippen molar-refractivity contribution in [3.63, 3.8) is 0 Å². The molecule has 0 saturated heterocycles. The van der Waals surface area contributed by atoms with Gasteiger partial charge in [0.2, 0.25) is 0 Å². The zero-order chi connectivity index (χ0) is 37.0. The molecule has 0 saturated carbocycles.